The van der Waals surface area contributed by atoms with E-state index in [1.54, 1.807) is 6.21 Å². The topological polar surface area (TPSA) is 78.0 Å². The summed E-state index contributed by atoms with van der Waals surface area (Å²) < 4.78 is 0. The first-order chi connectivity index (χ1) is 13.7. The molecule has 3 N–H and O–H groups in total. The third kappa shape index (κ3) is 6.46. The molecule has 6 heteroatoms. The second kappa shape index (κ2) is 11.4. The lowest BCUT2D eigenvalue weighted by Gasteiger charge is -2.25. The average molecular weight is 400 g/mol. The molecule has 29 heavy (non-hydrogen) atoms. The molecule has 1 rings (SSSR count). The van der Waals surface area contributed by atoms with Gasteiger partial charge in [-0.2, -0.15) is 0 Å². The Morgan fingerprint density at radius 2 is 1.62 bits per heavy atom. The third-order valence-electron chi connectivity index (χ3n) is 5.29. The Morgan fingerprint density at radius 1 is 1.14 bits per heavy atom. The van der Waals surface area contributed by atoms with Crippen LogP contribution in [0.2, 0.25) is 0 Å². The van der Waals surface area contributed by atoms with Gasteiger partial charge in [0.1, 0.15) is 17.7 Å². The van der Waals surface area contributed by atoms with Crippen molar-refractivity contribution >= 4 is 17.9 Å². The molecule has 0 saturated heterocycles. The van der Waals surface area contributed by atoms with Gasteiger partial charge in [0.05, 0.1) is 0 Å². The molecule has 2 atom stereocenters. The first-order valence-corrected chi connectivity index (χ1v) is 10.1. The van der Waals surface area contributed by atoms with E-state index in [9.17, 15) is 5.11 Å². The van der Waals surface area contributed by atoms with E-state index in [0.29, 0.717) is 11.1 Å². The van der Waals surface area contributed by atoms with Gasteiger partial charge in [-0.25, -0.2) is 4.98 Å². The summed E-state index contributed by atoms with van der Waals surface area (Å²) in [6, 6.07) is 3.95. The SMILES string of the molecule is C/C=C(/C)N(C)c1cc(C(O)C(C=NC(C)CC)=CN)cc(N(C)/C(C)=C\C)n1. The van der Waals surface area contributed by atoms with Crippen molar-refractivity contribution in [2.75, 3.05) is 23.9 Å². The number of anilines is 2. The third-order valence-corrected chi connectivity index (χ3v) is 5.29. The number of nitrogens with two attached hydrogens (primary N) is 1. The van der Waals surface area contributed by atoms with Crippen LogP contribution in [-0.4, -0.2) is 36.4 Å². The van der Waals surface area contributed by atoms with E-state index in [1.807, 2.05) is 82.8 Å². The molecule has 0 fully saturated rings. The molecule has 0 aromatic carbocycles. The number of rotatable bonds is 9. The highest BCUT2D eigenvalue weighted by atomic mass is 16.3. The lowest BCUT2D eigenvalue weighted by molar-refractivity contribution is 0.222. The molecule has 0 saturated carbocycles. The molecule has 1 aromatic rings. The molecule has 0 aliphatic carbocycles. The van der Waals surface area contributed by atoms with Crippen molar-refractivity contribution in [1.29, 1.82) is 0 Å². The number of aliphatic hydroxyl groups is 1. The van der Waals surface area contributed by atoms with Crippen LogP contribution in [0.25, 0.3) is 0 Å². The van der Waals surface area contributed by atoms with E-state index >= 15 is 0 Å². The number of hydrogen-bond donors (Lipinski definition) is 2. The van der Waals surface area contributed by atoms with Crippen LogP contribution in [0.3, 0.4) is 0 Å². The fraction of sp³-hybridized carbons (Fsp3) is 0.478. The van der Waals surface area contributed by atoms with Crippen molar-refractivity contribution in [3.05, 3.63) is 53.0 Å². The maximum atomic E-state index is 11.0. The van der Waals surface area contributed by atoms with Crippen LogP contribution in [0, 0.1) is 0 Å². The van der Waals surface area contributed by atoms with E-state index in [-0.39, 0.29) is 6.04 Å². The fourth-order valence-corrected chi connectivity index (χ4v) is 2.49. The van der Waals surface area contributed by atoms with Gasteiger partial charge in [-0.1, -0.05) is 19.1 Å². The summed E-state index contributed by atoms with van der Waals surface area (Å²) in [6.45, 7) is 12.1. The molecule has 0 aliphatic heterocycles. The predicted molar refractivity (Wildman–Crippen MR) is 125 cm³/mol. The molecule has 0 bridgehead atoms. The van der Waals surface area contributed by atoms with Gasteiger partial charge in [0, 0.05) is 49.5 Å². The van der Waals surface area contributed by atoms with Gasteiger partial charge >= 0.3 is 0 Å². The largest absolute Gasteiger partial charge is 0.404 e. The molecular weight excluding hydrogens is 362 g/mol. The second-order valence-electron chi connectivity index (χ2n) is 7.20. The van der Waals surface area contributed by atoms with Crippen molar-refractivity contribution in [3.8, 4) is 0 Å². The number of aromatic nitrogens is 1. The summed E-state index contributed by atoms with van der Waals surface area (Å²) in [5.41, 5.74) is 9.20. The number of aliphatic hydroxyl groups excluding tert-OH is 1. The Morgan fingerprint density at radius 3 is 2.00 bits per heavy atom. The Balaban J connectivity index is 3.49. The Labute approximate surface area is 176 Å². The van der Waals surface area contributed by atoms with Crippen LogP contribution < -0.4 is 15.5 Å². The number of allylic oxidation sites excluding steroid dienone is 4. The molecule has 0 aliphatic rings. The number of aliphatic imine (C=N–C) groups is 1. The van der Waals surface area contributed by atoms with Crippen molar-refractivity contribution in [2.24, 2.45) is 10.7 Å². The van der Waals surface area contributed by atoms with Gasteiger partial charge in [0.15, 0.2) is 0 Å². The zero-order valence-corrected chi connectivity index (χ0v) is 19.1. The highest BCUT2D eigenvalue weighted by Crippen LogP contribution is 2.29. The van der Waals surface area contributed by atoms with E-state index in [4.69, 9.17) is 10.7 Å². The Hall–Kier alpha value is -2.60. The summed E-state index contributed by atoms with van der Waals surface area (Å²) in [5.74, 6) is 1.50. The summed E-state index contributed by atoms with van der Waals surface area (Å²) >= 11 is 0. The van der Waals surface area contributed by atoms with Crippen LogP contribution in [-0.2, 0) is 0 Å². The van der Waals surface area contributed by atoms with Gasteiger partial charge in [-0.3, -0.25) is 4.99 Å². The zero-order chi connectivity index (χ0) is 22.1. The van der Waals surface area contributed by atoms with E-state index in [2.05, 4.69) is 11.9 Å². The first-order valence-electron chi connectivity index (χ1n) is 10.1. The van der Waals surface area contributed by atoms with Crippen molar-refractivity contribution in [2.45, 2.75) is 60.1 Å². The van der Waals surface area contributed by atoms with E-state index in [1.165, 1.54) is 6.20 Å². The maximum absolute atomic E-state index is 11.0. The Kier molecular flexibility index (Phi) is 9.62. The second-order valence-corrected chi connectivity index (χ2v) is 7.20. The number of pyridine rings is 1. The molecule has 0 radical (unpaired) electrons. The number of nitrogens with zero attached hydrogens (tertiary/aromatic N) is 4. The molecule has 1 aromatic heterocycles. The first kappa shape index (κ1) is 24.4. The van der Waals surface area contributed by atoms with Crippen LogP contribution in [0.5, 0.6) is 0 Å². The smallest absolute Gasteiger partial charge is 0.135 e. The summed E-state index contributed by atoms with van der Waals surface area (Å²) in [7, 11) is 3.92. The van der Waals surface area contributed by atoms with Crippen molar-refractivity contribution < 1.29 is 5.11 Å². The van der Waals surface area contributed by atoms with Gasteiger partial charge in [-0.05, 0) is 58.7 Å². The van der Waals surface area contributed by atoms with Crippen LogP contribution >= 0.6 is 0 Å². The van der Waals surface area contributed by atoms with Crippen LogP contribution in [0.15, 0.2) is 52.4 Å². The molecular formula is C23H37N5O. The molecule has 1 heterocycles. The minimum Gasteiger partial charge on any atom is -0.404 e. The quantitative estimate of drug-likeness (QED) is 0.596. The summed E-state index contributed by atoms with van der Waals surface area (Å²) in [4.78, 5) is 13.3. The van der Waals surface area contributed by atoms with Crippen molar-refractivity contribution in [1.82, 2.24) is 4.98 Å². The fourth-order valence-electron chi connectivity index (χ4n) is 2.49. The van der Waals surface area contributed by atoms with E-state index in [0.717, 1.165) is 29.5 Å². The van der Waals surface area contributed by atoms with Gasteiger partial charge in [0.2, 0.25) is 0 Å². The van der Waals surface area contributed by atoms with Crippen LogP contribution in [0.4, 0.5) is 11.6 Å². The molecule has 0 amide bonds. The Bertz CT molecular complexity index is 752. The minimum atomic E-state index is -0.896. The normalized spacial score (nSPS) is 15.6. The molecule has 2 unspecified atom stereocenters. The highest BCUT2D eigenvalue weighted by Gasteiger charge is 2.18. The summed E-state index contributed by atoms with van der Waals surface area (Å²) in [6.07, 6.45) is 7.16. The van der Waals surface area contributed by atoms with Crippen molar-refractivity contribution in [3.63, 3.8) is 0 Å². The maximum Gasteiger partial charge on any atom is 0.135 e. The van der Waals surface area contributed by atoms with Gasteiger partial charge < -0.3 is 20.6 Å². The predicted octanol–water partition coefficient (Wildman–Crippen LogP) is 4.55. The average Bonchev–Trinajstić information content (AvgIpc) is 2.76. The lowest BCUT2D eigenvalue weighted by atomic mass is 10.0. The van der Waals surface area contributed by atoms with E-state index < -0.39 is 6.10 Å². The number of hydrogen-bond acceptors (Lipinski definition) is 6. The zero-order valence-electron chi connectivity index (χ0n) is 19.1. The van der Waals surface area contributed by atoms with Gasteiger partial charge in [0.25, 0.3) is 0 Å². The lowest BCUT2D eigenvalue weighted by Crippen LogP contribution is -2.21. The van der Waals surface area contributed by atoms with Crippen LogP contribution in [0.1, 0.15) is 59.6 Å². The molecule has 6 nitrogen and oxygen atoms in total. The standard InChI is InChI=1S/C23H37N5O/c1-9-16(4)25-15-20(14-24)23(29)19-12-21(27(7)17(5)10-2)26-22(13-19)28(8)18(6)11-3/h10-16,23,29H,9,24H2,1-8H3/b17-10-,18-11-,20-14?,25-15?. The van der Waals surface area contributed by atoms with Gasteiger partial charge in [-0.15, -0.1) is 0 Å². The molecule has 160 valence electrons. The highest BCUT2D eigenvalue weighted by molar-refractivity contribution is 5.80. The monoisotopic (exact) mass is 399 g/mol. The molecule has 0 spiro atoms. The summed E-state index contributed by atoms with van der Waals surface area (Å²) in [5, 5.41) is 11.0. The minimum absolute atomic E-state index is 0.174.